The Kier molecular flexibility index (Phi) is 6.27. The maximum atomic E-state index is 5.77. The van der Waals surface area contributed by atoms with Crippen molar-refractivity contribution < 1.29 is 4.74 Å². The zero-order valence-corrected chi connectivity index (χ0v) is 14.2. The summed E-state index contributed by atoms with van der Waals surface area (Å²) in [4.78, 5) is 0. The molecule has 2 rings (SSSR count). The van der Waals surface area contributed by atoms with E-state index in [2.05, 4.69) is 59.4 Å². The predicted octanol–water partition coefficient (Wildman–Crippen LogP) is 4.57. The van der Waals surface area contributed by atoms with Gasteiger partial charge in [0.1, 0.15) is 12.4 Å². The molecule has 3 heteroatoms. The summed E-state index contributed by atoms with van der Waals surface area (Å²) < 4.78 is 6.83. The Morgan fingerprint density at radius 3 is 2.19 bits per heavy atom. The Balaban J connectivity index is 1.80. The van der Waals surface area contributed by atoms with Gasteiger partial charge in [-0.2, -0.15) is 0 Å². The smallest absolute Gasteiger partial charge is 0.119 e. The van der Waals surface area contributed by atoms with Gasteiger partial charge in [-0.25, -0.2) is 0 Å². The summed E-state index contributed by atoms with van der Waals surface area (Å²) in [5.41, 5.74) is 2.55. The molecule has 21 heavy (non-hydrogen) atoms. The van der Waals surface area contributed by atoms with E-state index >= 15 is 0 Å². The number of hydrogen-bond donors (Lipinski definition) is 1. The standard InChI is InChI=1S/C18H22BrNO/c1-14(2)20-12-11-15-3-5-16(6-4-15)13-21-18-9-7-17(19)8-10-18/h3-10,14,20H,11-13H2,1-2H3. The van der Waals surface area contributed by atoms with Crippen LogP contribution >= 0.6 is 15.9 Å². The lowest BCUT2D eigenvalue weighted by Gasteiger charge is -2.09. The van der Waals surface area contributed by atoms with Crippen molar-refractivity contribution in [3.05, 3.63) is 64.1 Å². The van der Waals surface area contributed by atoms with Gasteiger partial charge in [0, 0.05) is 10.5 Å². The Hall–Kier alpha value is -1.32. The van der Waals surface area contributed by atoms with Crippen LogP contribution in [-0.2, 0) is 13.0 Å². The summed E-state index contributed by atoms with van der Waals surface area (Å²) in [6, 6.07) is 17.1. The molecule has 2 aromatic carbocycles. The Labute approximate surface area is 135 Å². The number of hydrogen-bond acceptors (Lipinski definition) is 2. The lowest BCUT2D eigenvalue weighted by atomic mass is 10.1. The van der Waals surface area contributed by atoms with Crippen LogP contribution in [0.4, 0.5) is 0 Å². The molecule has 2 nitrogen and oxygen atoms in total. The third-order valence-corrected chi connectivity index (χ3v) is 3.74. The number of ether oxygens (including phenoxy) is 1. The first kappa shape index (κ1) is 16.1. The summed E-state index contributed by atoms with van der Waals surface area (Å²) in [6.45, 7) is 5.96. The second-order valence-electron chi connectivity index (χ2n) is 5.42. The molecule has 0 spiro atoms. The van der Waals surface area contributed by atoms with Gasteiger partial charge in [-0.05, 0) is 48.4 Å². The van der Waals surface area contributed by atoms with Gasteiger partial charge in [-0.1, -0.05) is 54.0 Å². The van der Waals surface area contributed by atoms with Crippen molar-refractivity contribution in [2.45, 2.75) is 32.9 Å². The molecule has 0 aliphatic heterocycles. The number of benzene rings is 2. The topological polar surface area (TPSA) is 21.3 Å². The quantitative estimate of drug-likeness (QED) is 0.792. The minimum atomic E-state index is 0.545. The average molecular weight is 348 g/mol. The van der Waals surface area contributed by atoms with Crippen LogP contribution in [0.25, 0.3) is 0 Å². The van der Waals surface area contributed by atoms with E-state index < -0.39 is 0 Å². The van der Waals surface area contributed by atoms with Crippen molar-refractivity contribution in [1.82, 2.24) is 5.32 Å². The Morgan fingerprint density at radius 2 is 1.57 bits per heavy atom. The first-order valence-electron chi connectivity index (χ1n) is 7.33. The van der Waals surface area contributed by atoms with E-state index in [4.69, 9.17) is 4.74 Å². The molecule has 0 aromatic heterocycles. The maximum Gasteiger partial charge on any atom is 0.119 e. The minimum absolute atomic E-state index is 0.545. The first-order valence-corrected chi connectivity index (χ1v) is 8.12. The van der Waals surface area contributed by atoms with Gasteiger partial charge < -0.3 is 10.1 Å². The van der Waals surface area contributed by atoms with Gasteiger partial charge in [-0.3, -0.25) is 0 Å². The molecule has 112 valence electrons. The molecule has 0 unspecified atom stereocenters. The van der Waals surface area contributed by atoms with Crippen molar-refractivity contribution in [3.8, 4) is 5.75 Å². The Bertz CT molecular complexity index is 534. The SMILES string of the molecule is CC(C)NCCc1ccc(COc2ccc(Br)cc2)cc1. The fourth-order valence-electron chi connectivity index (χ4n) is 2.00. The van der Waals surface area contributed by atoms with E-state index in [9.17, 15) is 0 Å². The first-order chi connectivity index (χ1) is 10.1. The summed E-state index contributed by atoms with van der Waals surface area (Å²) in [5.74, 6) is 0.892. The molecule has 0 radical (unpaired) electrons. The van der Waals surface area contributed by atoms with Crippen LogP contribution in [-0.4, -0.2) is 12.6 Å². The van der Waals surface area contributed by atoms with Crippen LogP contribution in [0.3, 0.4) is 0 Å². The molecule has 0 aliphatic carbocycles. The maximum absolute atomic E-state index is 5.77. The predicted molar refractivity (Wildman–Crippen MR) is 91.8 cm³/mol. The zero-order valence-electron chi connectivity index (χ0n) is 12.6. The molecule has 0 amide bonds. The van der Waals surface area contributed by atoms with E-state index in [-0.39, 0.29) is 0 Å². The van der Waals surface area contributed by atoms with Crippen LogP contribution in [0.2, 0.25) is 0 Å². The van der Waals surface area contributed by atoms with E-state index in [1.165, 1.54) is 11.1 Å². The summed E-state index contributed by atoms with van der Waals surface area (Å²) in [5, 5.41) is 3.43. The highest BCUT2D eigenvalue weighted by Gasteiger charge is 1.98. The van der Waals surface area contributed by atoms with Gasteiger partial charge in [0.05, 0.1) is 0 Å². The average Bonchev–Trinajstić information content (AvgIpc) is 2.48. The lowest BCUT2D eigenvalue weighted by Crippen LogP contribution is -2.24. The third-order valence-electron chi connectivity index (χ3n) is 3.21. The van der Waals surface area contributed by atoms with Crippen LogP contribution in [0.5, 0.6) is 5.75 Å². The molecule has 0 saturated heterocycles. The fraction of sp³-hybridized carbons (Fsp3) is 0.333. The van der Waals surface area contributed by atoms with Gasteiger partial charge in [0.15, 0.2) is 0 Å². The molecule has 0 atom stereocenters. The second kappa shape index (κ2) is 8.20. The summed E-state index contributed by atoms with van der Waals surface area (Å²) in [6.07, 6.45) is 1.06. The van der Waals surface area contributed by atoms with Crippen molar-refractivity contribution in [3.63, 3.8) is 0 Å². The molecule has 0 bridgehead atoms. The molecule has 1 N–H and O–H groups in total. The van der Waals surface area contributed by atoms with Gasteiger partial charge in [-0.15, -0.1) is 0 Å². The summed E-state index contributed by atoms with van der Waals surface area (Å²) >= 11 is 3.42. The van der Waals surface area contributed by atoms with Crippen LogP contribution < -0.4 is 10.1 Å². The summed E-state index contributed by atoms with van der Waals surface area (Å²) in [7, 11) is 0. The highest BCUT2D eigenvalue weighted by atomic mass is 79.9. The van der Waals surface area contributed by atoms with E-state index in [1.807, 2.05) is 24.3 Å². The van der Waals surface area contributed by atoms with Crippen LogP contribution in [0, 0.1) is 0 Å². The van der Waals surface area contributed by atoms with Gasteiger partial charge >= 0.3 is 0 Å². The van der Waals surface area contributed by atoms with Crippen LogP contribution in [0.15, 0.2) is 53.0 Å². The van der Waals surface area contributed by atoms with E-state index in [0.717, 1.165) is 23.2 Å². The van der Waals surface area contributed by atoms with Gasteiger partial charge in [0.2, 0.25) is 0 Å². The van der Waals surface area contributed by atoms with Crippen molar-refractivity contribution in [1.29, 1.82) is 0 Å². The van der Waals surface area contributed by atoms with Crippen LogP contribution in [0.1, 0.15) is 25.0 Å². The Morgan fingerprint density at radius 1 is 0.952 bits per heavy atom. The number of nitrogens with one attached hydrogen (secondary N) is 1. The fourth-order valence-corrected chi connectivity index (χ4v) is 2.27. The molecular formula is C18H22BrNO. The normalized spacial score (nSPS) is 10.9. The molecule has 0 heterocycles. The molecular weight excluding hydrogens is 326 g/mol. The zero-order chi connectivity index (χ0) is 15.1. The largest absolute Gasteiger partial charge is 0.489 e. The van der Waals surface area contributed by atoms with Crippen molar-refractivity contribution >= 4 is 15.9 Å². The van der Waals surface area contributed by atoms with E-state index in [0.29, 0.717) is 12.6 Å². The number of rotatable bonds is 7. The highest BCUT2D eigenvalue weighted by molar-refractivity contribution is 9.10. The van der Waals surface area contributed by atoms with E-state index in [1.54, 1.807) is 0 Å². The molecule has 0 saturated carbocycles. The monoisotopic (exact) mass is 347 g/mol. The number of halogens is 1. The highest BCUT2D eigenvalue weighted by Crippen LogP contribution is 2.17. The molecule has 0 aliphatic rings. The molecule has 2 aromatic rings. The van der Waals surface area contributed by atoms with Crippen molar-refractivity contribution in [2.75, 3.05) is 6.54 Å². The van der Waals surface area contributed by atoms with Gasteiger partial charge in [0.25, 0.3) is 0 Å². The minimum Gasteiger partial charge on any atom is -0.489 e. The third kappa shape index (κ3) is 5.90. The second-order valence-corrected chi connectivity index (χ2v) is 6.33. The van der Waals surface area contributed by atoms with Crippen molar-refractivity contribution in [2.24, 2.45) is 0 Å². The lowest BCUT2D eigenvalue weighted by molar-refractivity contribution is 0.306. The molecule has 0 fully saturated rings.